The van der Waals surface area contributed by atoms with Crippen LogP contribution in [0.3, 0.4) is 0 Å². The average molecular weight is 1320 g/mol. The quantitative estimate of drug-likeness (QED) is 0.0170. The Morgan fingerprint density at radius 3 is 1.29 bits per heavy atom. The third-order valence-electron chi connectivity index (χ3n) is 15.1. The van der Waals surface area contributed by atoms with Crippen molar-refractivity contribution in [2.45, 2.75) is 132 Å². The second-order valence-corrected chi connectivity index (χ2v) is 23.5. The number of ether oxygens (including phenoxy) is 4. The SMILES string of the molecule is CCO.Cc1ccc(S(=O)(=O)OC[C@@H](O)[C@@H]2CCc3cc(F)ccc3O2)cc1.O=CO[O-].O[C@H](CN(Cc1ccccc1)C[C@@H](O)[C@H]1CCc2cc(F)ccc2O1)[C@@H]1CCc2cc(F)ccc2O1.O[C@H](CNCc1ccccc1)[C@H]1CCc2cc(F)ccc2O1.[H-].[Na+].[Na+]. The van der Waals surface area contributed by atoms with Gasteiger partial charge in [0.05, 0.1) is 11.5 Å². The largest absolute Gasteiger partial charge is 1.00 e. The van der Waals surface area contributed by atoms with Gasteiger partial charge in [0, 0.05) is 39.3 Å². The molecule has 0 unspecified atom stereocenters. The first-order chi connectivity index (χ1) is 43.3. The maximum Gasteiger partial charge on any atom is 1.00 e. The van der Waals surface area contributed by atoms with Gasteiger partial charge in [0.15, 0.2) is 0 Å². The van der Waals surface area contributed by atoms with Crippen molar-refractivity contribution in [3.63, 3.8) is 0 Å². The number of hydrogen-bond donors (Lipinski definition) is 6. The Morgan fingerprint density at radius 2 is 0.924 bits per heavy atom. The van der Waals surface area contributed by atoms with E-state index in [1.165, 1.54) is 72.3 Å². The Morgan fingerprint density at radius 1 is 0.576 bits per heavy atom. The molecule has 0 aromatic heterocycles. The summed E-state index contributed by atoms with van der Waals surface area (Å²) in [4.78, 5) is 13.3. The first-order valence-corrected chi connectivity index (χ1v) is 31.1. The molecule has 8 atom stereocenters. The summed E-state index contributed by atoms with van der Waals surface area (Å²) in [6, 6.07) is 43.8. The number of carbonyl (C=O) groups excluding carboxylic acids is 1. The fourth-order valence-corrected chi connectivity index (χ4v) is 11.5. The van der Waals surface area contributed by atoms with Crippen molar-refractivity contribution >= 4 is 16.6 Å². The minimum Gasteiger partial charge on any atom is -1.00 e. The summed E-state index contributed by atoms with van der Waals surface area (Å²) in [6.07, 6.45) is -0.145. The van der Waals surface area contributed by atoms with Crippen molar-refractivity contribution < 1.29 is 150 Å². The zero-order valence-corrected chi connectivity index (χ0v) is 56.8. The number of fused-ring (bicyclic) bond motifs is 4. The Kier molecular flexibility index (Phi) is 33.1. The number of aryl methyl sites for hydroxylation is 5. The molecule has 0 saturated heterocycles. The number of carbonyl (C=O) groups is 1. The summed E-state index contributed by atoms with van der Waals surface area (Å²) in [6.45, 7) is 5.51. The Bertz CT molecular complexity index is 3380. The van der Waals surface area contributed by atoms with Crippen LogP contribution in [0.1, 0.15) is 73.0 Å². The molecule has 0 spiro atoms. The summed E-state index contributed by atoms with van der Waals surface area (Å²) in [5.74, 6) is 1.21. The molecule has 4 aliphatic heterocycles. The molecule has 11 rings (SSSR count). The Balaban J connectivity index is 0.000000287. The van der Waals surface area contributed by atoms with Crippen molar-refractivity contribution in [2.75, 3.05) is 32.8 Å². The average Bonchev–Trinajstić information content (AvgIpc) is 1.33. The number of hydrogen-bond acceptors (Lipinski definition) is 17. The molecule has 0 amide bonds. The molecule has 0 fully saturated rings. The van der Waals surface area contributed by atoms with Crippen LogP contribution in [0.15, 0.2) is 163 Å². The van der Waals surface area contributed by atoms with Gasteiger partial charge in [0.25, 0.3) is 16.6 Å². The van der Waals surface area contributed by atoms with Crippen molar-refractivity contribution in [3.8, 4) is 23.0 Å². The molecule has 4 aliphatic rings. The first-order valence-electron chi connectivity index (χ1n) is 29.7. The Hall–Kier alpha value is -5.48. The second kappa shape index (κ2) is 39.4. The number of halogens is 4. The van der Waals surface area contributed by atoms with Crippen molar-refractivity contribution in [2.24, 2.45) is 0 Å². The van der Waals surface area contributed by atoms with E-state index < -0.39 is 59.5 Å². The van der Waals surface area contributed by atoms with Crippen molar-refractivity contribution in [3.05, 3.63) is 220 Å². The van der Waals surface area contributed by atoms with E-state index in [0.717, 1.165) is 39.8 Å². The van der Waals surface area contributed by atoms with Crippen LogP contribution in [0, 0.1) is 30.2 Å². The normalized spacial score (nSPS) is 17.8. The second-order valence-electron chi connectivity index (χ2n) is 21.9. The van der Waals surface area contributed by atoms with Gasteiger partial charge in [-0.1, -0.05) is 78.4 Å². The number of aliphatic hydroxyl groups is 5. The third-order valence-corrected chi connectivity index (χ3v) is 16.4. The molecule has 6 N–H and O–H groups in total. The van der Waals surface area contributed by atoms with E-state index in [1.54, 1.807) is 37.3 Å². The van der Waals surface area contributed by atoms with Gasteiger partial charge in [0.2, 0.25) is 0 Å². The van der Waals surface area contributed by atoms with Gasteiger partial charge in [-0.3, -0.25) is 13.9 Å². The summed E-state index contributed by atoms with van der Waals surface area (Å²) in [5.41, 5.74) is 6.41. The summed E-state index contributed by atoms with van der Waals surface area (Å²) >= 11 is 0. The molecule has 0 radical (unpaired) electrons. The maximum absolute atomic E-state index is 13.5. The molecular weight excluding hydrogens is 1240 g/mol. The predicted molar refractivity (Wildman–Crippen MR) is 326 cm³/mol. The molecule has 0 bridgehead atoms. The minimum absolute atomic E-state index is 0. The molecule has 92 heavy (non-hydrogen) atoms. The monoisotopic (exact) mass is 1320 g/mol. The van der Waals surface area contributed by atoms with E-state index in [2.05, 4.69) is 10.2 Å². The van der Waals surface area contributed by atoms with Gasteiger partial charge >= 0.3 is 59.1 Å². The summed E-state index contributed by atoms with van der Waals surface area (Å²) < 4.78 is 106. The standard InChI is InChI=1S/C29H31F2NO4.C18H20FNO2.C18H19FO5S.C2H6O.CH2O3.2Na.H/c30-22-8-12-26-20(14-22)6-10-28(35-26)24(33)17-32(16-19-4-2-1-3-5-19)18-25(34)29-11-7-21-15-23(31)9-13-27(21)36-29;19-15-7-9-17-14(10-15)6-8-18(22-17)16(21)12-20-11-13-4-2-1-3-5-13;1-12-2-6-15(7-3-12)25(21,22)23-11-16(20)18-8-4-13-10-14(19)5-9-17(13)24-18;1-2-3;2-1-4-3;;;/h1-5,8-9,12-15,24-25,28-29,33-34H,6-7,10-11,16-18H2;1-5,7,9-10,16,18,20-21H,6,8,11-12H2;2-3,5-7,9-10,16,18,20H,4,8,11H2,1H3;3H,2H2,1H3;1,3H;;;/q;;;;;2*+1;-1/p-1/t24-,25-,28-,29+;16-,18-;16-,18+;;;;;/m111...../s1. The van der Waals surface area contributed by atoms with Crippen LogP contribution >= 0.6 is 0 Å². The van der Waals surface area contributed by atoms with Gasteiger partial charge < -0.3 is 61.4 Å². The number of aliphatic hydroxyl groups excluding tert-OH is 5. The van der Waals surface area contributed by atoms with E-state index in [0.29, 0.717) is 101 Å². The fraction of sp³-hybridized carbons (Fsp3) is 0.368. The van der Waals surface area contributed by atoms with Gasteiger partial charge in [0.1, 0.15) is 95.1 Å². The number of nitrogens with zero attached hydrogens (tertiary/aromatic N) is 1. The van der Waals surface area contributed by atoms with Crippen LogP contribution in [-0.4, -0.2) is 127 Å². The fourth-order valence-electron chi connectivity index (χ4n) is 10.5. The van der Waals surface area contributed by atoms with Crippen molar-refractivity contribution in [1.29, 1.82) is 0 Å². The molecule has 24 heteroatoms. The van der Waals surface area contributed by atoms with Crippen LogP contribution < -0.4 is 88.6 Å². The smallest absolute Gasteiger partial charge is 1.00 e. The molecule has 0 aliphatic carbocycles. The van der Waals surface area contributed by atoms with Crippen LogP contribution in [0.5, 0.6) is 23.0 Å². The Labute approximate surface area is 580 Å². The molecular formula is C68H78F4N2Na2O15S. The van der Waals surface area contributed by atoms with Gasteiger partial charge in [-0.05, 0) is 184 Å². The number of rotatable bonds is 19. The zero-order chi connectivity index (χ0) is 64.6. The van der Waals surface area contributed by atoms with E-state index in [4.69, 9.17) is 38.3 Å². The zero-order valence-electron chi connectivity index (χ0n) is 53.0. The molecule has 486 valence electrons. The van der Waals surface area contributed by atoms with E-state index >= 15 is 0 Å². The van der Waals surface area contributed by atoms with Crippen LogP contribution in [0.4, 0.5) is 17.6 Å². The van der Waals surface area contributed by atoms with Gasteiger partial charge in [-0.25, -0.2) is 17.6 Å². The van der Waals surface area contributed by atoms with E-state index in [9.17, 15) is 46.4 Å². The van der Waals surface area contributed by atoms with Gasteiger partial charge in [-0.15, -0.1) is 0 Å². The van der Waals surface area contributed by atoms with Crippen LogP contribution in [0.25, 0.3) is 0 Å². The topological polar surface area (TPSA) is 246 Å². The molecule has 0 saturated carbocycles. The molecule has 4 heterocycles. The van der Waals surface area contributed by atoms with Crippen LogP contribution in [-0.2, 0) is 62.8 Å². The molecule has 7 aromatic rings. The maximum atomic E-state index is 13.5. The first kappa shape index (κ1) is 77.2. The molecule has 17 nitrogen and oxygen atoms in total. The summed E-state index contributed by atoms with van der Waals surface area (Å²) in [7, 11) is -3.94. The van der Waals surface area contributed by atoms with Crippen molar-refractivity contribution in [1.82, 2.24) is 10.2 Å². The summed E-state index contributed by atoms with van der Waals surface area (Å²) in [5, 5.41) is 61.9. The van der Waals surface area contributed by atoms with E-state index in [1.807, 2.05) is 72.5 Å². The third kappa shape index (κ3) is 24.4. The number of nitrogens with one attached hydrogen (secondary N) is 1. The molecule has 7 aromatic carbocycles. The van der Waals surface area contributed by atoms with E-state index in [-0.39, 0.29) is 108 Å². The minimum atomic E-state index is -3.94. The van der Waals surface area contributed by atoms with Gasteiger partial charge in [-0.2, -0.15) is 8.42 Å². The van der Waals surface area contributed by atoms with Crippen LogP contribution in [0.2, 0.25) is 0 Å². The predicted octanol–water partition coefficient (Wildman–Crippen LogP) is 2.09. The number of benzene rings is 7.